The third kappa shape index (κ3) is 4.23. The lowest BCUT2D eigenvalue weighted by atomic mass is 9.93. The highest BCUT2D eigenvalue weighted by atomic mass is 35.5. The monoisotopic (exact) mass is 313 g/mol. The van der Waals surface area contributed by atoms with Crippen molar-refractivity contribution in [2.45, 2.75) is 37.8 Å². The first-order valence-corrected chi connectivity index (χ1v) is 7.42. The van der Waals surface area contributed by atoms with Gasteiger partial charge in [0.1, 0.15) is 0 Å². The van der Waals surface area contributed by atoms with Gasteiger partial charge in [0.2, 0.25) is 5.91 Å². The molecule has 1 fully saturated rings. The second kappa shape index (κ2) is 7.11. The number of hydrogen-bond donors (Lipinski definition) is 2. The van der Waals surface area contributed by atoms with Gasteiger partial charge in [0.05, 0.1) is 6.10 Å². The summed E-state index contributed by atoms with van der Waals surface area (Å²) < 4.78 is 0. The Morgan fingerprint density at radius 2 is 1.80 bits per heavy atom. The SMILES string of the molecule is O=C(/C=C/c1c(Cl)cccc1Cl)NC1CCC(O)CC1. The van der Waals surface area contributed by atoms with E-state index in [1.165, 1.54) is 6.08 Å². The predicted octanol–water partition coefficient (Wildman–Crippen LogP) is 3.43. The van der Waals surface area contributed by atoms with Crippen LogP contribution < -0.4 is 5.32 Å². The molecule has 1 aromatic carbocycles. The van der Waals surface area contributed by atoms with Crippen LogP contribution >= 0.6 is 23.2 Å². The predicted molar refractivity (Wildman–Crippen MR) is 81.9 cm³/mol. The van der Waals surface area contributed by atoms with Crippen molar-refractivity contribution in [3.8, 4) is 0 Å². The Morgan fingerprint density at radius 1 is 1.20 bits per heavy atom. The van der Waals surface area contributed by atoms with E-state index in [0.29, 0.717) is 15.6 Å². The van der Waals surface area contributed by atoms with Crippen molar-refractivity contribution < 1.29 is 9.90 Å². The van der Waals surface area contributed by atoms with Crippen LogP contribution in [-0.2, 0) is 4.79 Å². The highest BCUT2D eigenvalue weighted by Crippen LogP contribution is 2.25. The summed E-state index contributed by atoms with van der Waals surface area (Å²) in [6.45, 7) is 0. The fourth-order valence-corrected chi connectivity index (χ4v) is 2.82. The Bertz CT molecular complexity index is 488. The maximum Gasteiger partial charge on any atom is 0.244 e. The number of hydrogen-bond acceptors (Lipinski definition) is 2. The fourth-order valence-electron chi connectivity index (χ4n) is 2.30. The number of nitrogens with one attached hydrogen (secondary N) is 1. The first-order valence-electron chi connectivity index (χ1n) is 6.67. The third-order valence-electron chi connectivity index (χ3n) is 3.44. The van der Waals surface area contributed by atoms with Crippen LogP contribution in [0.15, 0.2) is 24.3 Å². The second-order valence-corrected chi connectivity index (χ2v) is 5.80. The molecule has 0 bridgehead atoms. The fraction of sp³-hybridized carbons (Fsp3) is 0.400. The highest BCUT2D eigenvalue weighted by Gasteiger charge is 2.19. The van der Waals surface area contributed by atoms with Gasteiger partial charge in [0, 0.05) is 27.7 Å². The molecule has 2 N–H and O–H groups in total. The van der Waals surface area contributed by atoms with Gasteiger partial charge >= 0.3 is 0 Å². The van der Waals surface area contributed by atoms with Crippen LogP contribution in [0.1, 0.15) is 31.2 Å². The molecular weight excluding hydrogens is 297 g/mol. The van der Waals surface area contributed by atoms with Crippen molar-refractivity contribution in [1.29, 1.82) is 0 Å². The Labute approximate surface area is 128 Å². The Kier molecular flexibility index (Phi) is 5.46. The van der Waals surface area contributed by atoms with E-state index in [2.05, 4.69) is 5.32 Å². The topological polar surface area (TPSA) is 49.3 Å². The van der Waals surface area contributed by atoms with Gasteiger partial charge in [-0.25, -0.2) is 0 Å². The number of aliphatic hydroxyl groups excluding tert-OH is 1. The molecule has 1 aromatic rings. The molecule has 1 aliphatic rings. The van der Waals surface area contributed by atoms with Crippen LogP contribution in [0.3, 0.4) is 0 Å². The molecule has 0 atom stereocenters. The summed E-state index contributed by atoms with van der Waals surface area (Å²) in [5.74, 6) is -0.164. The minimum atomic E-state index is -0.222. The number of carbonyl (C=O) groups excluding carboxylic acids is 1. The van der Waals surface area contributed by atoms with Crippen molar-refractivity contribution in [3.05, 3.63) is 39.9 Å². The van der Waals surface area contributed by atoms with E-state index >= 15 is 0 Å². The van der Waals surface area contributed by atoms with Gasteiger partial charge in [-0.2, -0.15) is 0 Å². The minimum absolute atomic E-state index is 0.136. The van der Waals surface area contributed by atoms with Crippen molar-refractivity contribution >= 4 is 35.2 Å². The van der Waals surface area contributed by atoms with Crippen molar-refractivity contribution in [2.24, 2.45) is 0 Å². The van der Waals surface area contributed by atoms with Crippen LogP contribution in [0, 0.1) is 0 Å². The molecule has 0 saturated heterocycles. The van der Waals surface area contributed by atoms with E-state index in [1.54, 1.807) is 24.3 Å². The van der Waals surface area contributed by atoms with Gasteiger partial charge in [0.25, 0.3) is 0 Å². The number of halogens is 2. The average molecular weight is 314 g/mol. The van der Waals surface area contributed by atoms with Gasteiger partial charge in [-0.1, -0.05) is 29.3 Å². The number of benzene rings is 1. The molecule has 0 unspecified atom stereocenters. The van der Waals surface area contributed by atoms with Crippen molar-refractivity contribution in [2.75, 3.05) is 0 Å². The van der Waals surface area contributed by atoms with E-state index in [-0.39, 0.29) is 18.1 Å². The molecule has 0 radical (unpaired) electrons. The molecule has 0 aromatic heterocycles. The lowest BCUT2D eigenvalue weighted by Crippen LogP contribution is -2.37. The van der Waals surface area contributed by atoms with Gasteiger partial charge < -0.3 is 10.4 Å². The van der Waals surface area contributed by atoms with E-state index in [4.69, 9.17) is 23.2 Å². The Morgan fingerprint density at radius 3 is 2.40 bits per heavy atom. The molecule has 0 heterocycles. The molecule has 5 heteroatoms. The van der Waals surface area contributed by atoms with Crippen molar-refractivity contribution in [1.82, 2.24) is 5.32 Å². The van der Waals surface area contributed by atoms with Crippen LogP contribution in [0.5, 0.6) is 0 Å². The Hall–Kier alpha value is -1.03. The lowest BCUT2D eigenvalue weighted by Gasteiger charge is -2.25. The zero-order chi connectivity index (χ0) is 14.5. The van der Waals surface area contributed by atoms with E-state index in [9.17, 15) is 9.90 Å². The first kappa shape index (κ1) is 15.4. The van der Waals surface area contributed by atoms with Crippen molar-refractivity contribution in [3.63, 3.8) is 0 Å². The third-order valence-corrected chi connectivity index (χ3v) is 4.10. The molecular formula is C15H17Cl2NO2. The summed E-state index contributed by atoms with van der Waals surface area (Å²) in [5, 5.41) is 13.4. The van der Waals surface area contributed by atoms with Gasteiger partial charge in [-0.05, 0) is 43.9 Å². The van der Waals surface area contributed by atoms with Crippen LogP contribution in [0.4, 0.5) is 0 Å². The Balaban J connectivity index is 1.92. The maximum atomic E-state index is 11.8. The summed E-state index contributed by atoms with van der Waals surface area (Å²) >= 11 is 12.1. The van der Waals surface area contributed by atoms with E-state index < -0.39 is 0 Å². The van der Waals surface area contributed by atoms with E-state index in [1.807, 2.05) is 0 Å². The quantitative estimate of drug-likeness (QED) is 0.840. The molecule has 0 spiro atoms. The summed E-state index contributed by atoms with van der Waals surface area (Å²) in [5.41, 5.74) is 0.644. The summed E-state index contributed by atoms with van der Waals surface area (Å²) in [7, 11) is 0. The number of amides is 1. The summed E-state index contributed by atoms with van der Waals surface area (Å²) in [6, 6.07) is 5.36. The molecule has 108 valence electrons. The maximum absolute atomic E-state index is 11.8. The molecule has 1 amide bonds. The standard InChI is InChI=1S/C15H17Cl2NO2/c16-13-2-1-3-14(17)12(13)8-9-15(20)18-10-4-6-11(19)7-5-10/h1-3,8-11,19H,4-7H2,(H,18,20)/b9-8+. The second-order valence-electron chi connectivity index (χ2n) is 4.98. The number of aliphatic hydroxyl groups is 1. The molecule has 0 aliphatic heterocycles. The largest absolute Gasteiger partial charge is 0.393 e. The molecule has 3 nitrogen and oxygen atoms in total. The normalized spacial score (nSPS) is 22.9. The first-order chi connectivity index (χ1) is 9.56. The van der Waals surface area contributed by atoms with Gasteiger partial charge in [-0.15, -0.1) is 0 Å². The summed E-state index contributed by atoms with van der Waals surface area (Å²) in [4.78, 5) is 11.8. The van der Waals surface area contributed by atoms with Gasteiger partial charge in [0.15, 0.2) is 0 Å². The lowest BCUT2D eigenvalue weighted by molar-refractivity contribution is -0.117. The summed E-state index contributed by atoms with van der Waals surface area (Å²) in [6.07, 6.45) is 5.95. The zero-order valence-corrected chi connectivity index (χ0v) is 12.5. The average Bonchev–Trinajstić information content (AvgIpc) is 2.41. The number of rotatable bonds is 3. The minimum Gasteiger partial charge on any atom is -0.393 e. The molecule has 1 saturated carbocycles. The number of carbonyl (C=O) groups is 1. The molecule has 20 heavy (non-hydrogen) atoms. The highest BCUT2D eigenvalue weighted by molar-refractivity contribution is 6.37. The molecule has 1 aliphatic carbocycles. The molecule has 2 rings (SSSR count). The van der Waals surface area contributed by atoms with E-state index in [0.717, 1.165) is 25.7 Å². The zero-order valence-electron chi connectivity index (χ0n) is 11.0. The van der Waals surface area contributed by atoms with Crippen LogP contribution in [0.2, 0.25) is 10.0 Å². The van der Waals surface area contributed by atoms with Crippen LogP contribution in [0.25, 0.3) is 6.08 Å². The van der Waals surface area contributed by atoms with Crippen LogP contribution in [-0.4, -0.2) is 23.2 Å². The smallest absolute Gasteiger partial charge is 0.244 e. The van der Waals surface area contributed by atoms with Gasteiger partial charge in [-0.3, -0.25) is 4.79 Å².